The minimum Gasteiger partial charge on any atom is -0.495 e. The Morgan fingerprint density at radius 2 is 1.91 bits per heavy atom. The van der Waals surface area contributed by atoms with E-state index in [0.717, 1.165) is 61.3 Å². The van der Waals surface area contributed by atoms with Gasteiger partial charge < -0.3 is 20.4 Å². The van der Waals surface area contributed by atoms with Crippen LogP contribution in [0.5, 0.6) is 5.75 Å². The van der Waals surface area contributed by atoms with Crippen molar-refractivity contribution in [3.8, 4) is 17.0 Å². The standard InChI is InChI=1S/C32H35N9O2/c1-39-15-12-34-27(39)18-40-13-10-22(11-14-40)41-31-28(30(33)35-19-36-31)29(38-41)21-8-9-25(26(16-21)43-2)37-32(42)24-17-23(24)20-6-4-3-5-7-20/h3-9,12,15-16,19,22-24H,10-11,13-14,17-18H2,1-2H3,(H,37,42)(H2,33,35,36)/t23-,24+/m0/s1. The highest BCUT2D eigenvalue weighted by molar-refractivity contribution is 6.00. The fourth-order valence-electron chi connectivity index (χ4n) is 6.24. The number of aryl methyl sites for hydroxylation is 1. The molecule has 11 heteroatoms. The zero-order valence-corrected chi connectivity index (χ0v) is 24.3. The third-order valence-corrected chi connectivity index (χ3v) is 8.79. The summed E-state index contributed by atoms with van der Waals surface area (Å²) in [5.41, 5.74) is 10.5. The Morgan fingerprint density at radius 1 is 1.09 bits per heavy atom. The second-order valence-corrected chi connectivity index (χ2v) is 11.5. The summed E-state index contributed by atoms with van der Waals surface area (Å²) < 4.78 is 9.81. The van der Waals surface area contributed by atoms with Crippen LogP contribution in [0.1, 0.15) is 42.6 Å². The number of carbonyl (C=O) groups is 1. The fraction of sp³-hybridized carbons (Fsp3) is 0.344. The first-order valence-corrected chi connectivity index (χ1v) is 14.7. The third-order valence-electron chi connectivity index (χ3n) is 8.79. The predicted molar refractivity (Wildman–Crippen MR) is 164 cm³/mol. The van der Waals surface area contributed by atoms with Crippen LogP contribution in [0, 0.1) is 5.92 Å². The molecular weight excluding hydrogens is 542 g/mol. The van der Waals surface area contributed by atoms with Gasteiger partial charge in [-0.2, -0.15) is 5.10 Å². The molecule has 43 heavy (non-hydrogen) atoms. The molecule has 11 nitrogen and oxygen atoms in total. The number of piperidine rings is 1. The molecule has 0 spiro atoms. The lowest BCUT2D eigenvalue weighted by molar-refractivity contribution is -0.117. The first kappa shape index (κ1) is 27.1. The quantitative estimate of drug-likeness (QED) is 0.278. The molecule has 1 saturated heterocycles. The summed E-state index contributed by atoms with van der Waals surface area (Å²) in [6, 6.07) is 16.1. The summed E-state index contributed by atoms with van der Waals surface area (Å²) >= 11 is 0. The number of nitrogens with one attached hydrogen (secondary N) is 1. The average molecular weight is 578 g/mol. The molecule has 7 rings (SSSR count). The number of imidazole rings is 1. The zero-order valence-electron chi connectivity index (χ0n) is 24.3. The first-order valence-electron chi connectivity index (χ1n) is 14.7. The summed E-state index contributed by atoms with van der Waals surface area (Å²) in [5.74, 6) is 2.22. The Hall–Kier alpha value is -4.77. The molecule has 0 radical (unpaired) electrons. The average Bonchev–Trinajstić information content (AvgIpc) is 3.60. The van der Waals surface area contributed by atoms with Gasteiger partial charge in [0.05, 0.1) is 30.8 Å². The Bertz CT molecular complexity index is 1770. The number of ether oxygens (including phenoxy) is 1. The first-order chi connectivity index (χ1) is 21.0. The van der Waals surface area contributed by atoms with E-state index in [0.29, 0.717) is 22.9 Å². The number of nitrogens with two attached hydrogens (primary N) is 1. The van der Waals surface area contributed by atoms with Crippen LogP contribution in [0.2, 0.25) is 0 Å². The molecular formula is C32H35N9O2. The largest absolute Gasteiger partial charge is 0.495 e. The molecule has 2 aliphatic rings. The van der Waals surface area contributed by atoms with E-state index in [1.54, 1.807) is 7.11 Å². The molecule has 4 heterocycles. The number of rotatable bonds is 8. The van der Waals surface area contributed by atoms with E-state index in [1.165, 1.54) is 11.9 Å². The lowest BCUT2D eigenvalue weighted by Crippen LogP contribution is -2.35. The van der Waals surface area contributed by atoms with Crippen molar-refractivity contribution in [3.05, 3.63) is 78.6 Å². The molecule has 2 atom stereocenters. The Morgan fingerprint density at radius 3 is 2.65 bits per heavy atom. The molecule has 5 aromatic rings. The minimum atomic E-state index is -0.0430. The maximum absolute atomic E-state index is 13.1. The van der Waals surface area contributed by atoms with Crippen LogP contribution >= 0.6 is 0 Å². The second-order valence-electron chi connectivity index (χ2n) is 11.5. The molecule has 2 aromatic carbocycles. The highest BCUT2D eigenvalue weighted by atomic mass is 16.5. The summed E-state index contributed by atoms with van der Waals surface area (Å²) in [6.07, 6.45) is 8.03. The van der Waals surface area contributed by atoms with Gasteiger partial charge in [0.2, 0.25) is 5.91 Å². The highest BCUT2D eigenvalue weighted by Gasteiger charge is 2.44. The van der Waals surface area contributed by atoms with Crippen LogP contribution in [0.3, 0.4) is 0 Å². The number of methoxy groups -OCH3 is 1. The van der Waals surface area contributed by atoms with Gasteiger partial charge in [0.25, 0.3) is 0 Å². The number of anilines is 2. The van der Waals surface area contributed by atoms with Crippen molar-refractivity contribution in [1.29, 1.82) is 0 Å². The number of nitrogens with zero attached hydrogens (tertiary/aromatic N) is 7. The number of amides is 1. The van der Waals surface area contributed by atoms with Crippen LogP contribution in [-0.4, -0.2) is 60.3 Å². The van der Waals surface area contributed by atoms with Gasteiger partial charge in [0, 0.05) is 44.0 Å². The molecule has 0 unspecified atom stereocenters. The molecule has 220 valence electrons. The summed E-state index contributed by atoms with van der Waals surface area (Å²) in [7, 11) is 3.63. The van der Waals surface area contributed by atoms with Crippen molar-refractivity contribution >= 4 is 28.4 Å². The van der Waals surface area contributed by atoms with Gasteiger partial charge in [-0.1, -0.05) is 36.4 Å². The molecule has 3 aromatic heterocycles. The lowest BCUT2D eigenvalue weighted by atomic mass is 10.1. The van der Waals surface area contributed by atoms with Crippen LogP contribution < -0.4 is 15.8 Å². The summed E-state index contributed by atoms with van der Waals surface area (Å²) in [5, 5.41) is 8.87. The zero-order chi connectivity index (χ0) is 29.5. The molecule has 3 N–H and O–H groups in total. The normalized spacial score (nSPS) is 19.0. The fourth-order valence-corrected chi connectivity index (χ4v) is 6.24. The third kappa shape index (κ3) is 5.20. The number of hydrogen-bond acceptors (Lipinski definition) is 8. The monoisotopic (exact) mass is 577 g/mol. The molecule has 1 saturated carbocycles. The number of hydrogen-bond donors (Lipinski definition) is 2. The molecule has 2 fully saturated rings. The Balaban J connectivity index is 1.11. The van der Waals surface area contributed by atoms with Crippen molar-refractivity contribution in [2.45, 2.75) is 37.8 Å². The maximum atomic E-state index is 13.1. The van der Waals surface area contributed by atoms with E-state index in [2.05, 4.69) is 41.9 Å². The second kappa shape index (κ2) is 11.1. The summed E-state index contributed by atoms with van der Waals surface area (Å²) in [4.78, 5) is 28.9. The van der Waals surface area contributed by atoms with E-state index in [9.17, 15) is 4.79 Å². The van der Waals surface area contributed by atoms with Crippen molar-refractivity contribution in [2.24, 2.45) is 13.0 Å². The van der Waals surface area contributed by atoms with E-state index in [-0.39, 0.29) is 23.8 Å². The number of benzene rings is 2. The van der Waals surface area contributed by atoms with Crippen molar-refractivity contribution in [1.82, 2.24) is 34.2 Å². The van der Waals surface area contributed by atoms with E-state index >= 15 is 0 Å². The molecule has 1 aliphatic heterocycles. The van der Waals surface area contributed by atoms with Gasteiger partial charge in [0.15, 0.2) is 5.65 Å². The molecule has 1 aliphatic carbocycles. The number of nitrogen functional groups attached to an aromatic ring is 1. The van der Waals surface area contributed by atoms with Gasteiger partial charge in [-0.3, -0.25) is 9.69 Å². The Kier molecular flexibility index (Phi) is 7.02. The van der Waals surface area contributed by atoms with Gasteiger partial charge in [0.1, 0.15) is 29.4 Å². The SMILES string of the molecule is COc1cc(-c2nn(C3CCN(Cc4nccn4C)CC3)c3ncnc(N)c23)ccc1NC(=O)[C@@H]1C[C@H]1c1ccccc1. The molecule has 0 bridgehead atoms. The maximum Gasteiger partial charge on any atom is 0.228 e. The van der Waals surface area contributed by atoms with Crippen molar-refractivity contribution in [3.63, 3.8) is 0 Å². The minimum absolute atomic E-state index is 0.00142. The van der Waals surface area contributed by atoms with Gasteiger partial charge in [-0.25, -0.2) is 19.6 Å². The summed E-state index contributed by atoms with van der Waals surface area (Å²) in [6.45, 7) is 2.69. The number of aromatic nitrogens is 6. The van der Waals surface area contributed by atoms with E-state index < -0.39 is 0 Å². The van der Waals surface area contributed by atoms with Crippen LogP contribution in [-0.2, 0) is 18.4 Å². The predicted octanol–water partition coefficient (Wildman–Crippen LogP) is 4.40. The van der Waals surface area contributed by atoms with Gasteiger partial charge >= 0.3 is 0 Å². The smallest absolute Gasteiger partial charge is 0.228 e. The van der Waals surface area contributed by atoms with Crippen LogP contribution in [0.15, 0.2) is 67.3 Å². The molecule has 1 amide bonds. The van der Waals surface area contributed by atoms with Crippen LogP contribution in [0.25, 0.3) is 22.3 Å². The highest BCUT2D eigenvalue weighted by Crippen LogP contribution is 2.48. The van der Waals surface area contributed by atoms with Gasteiger partial charge in [-0.05, 0) is 42.9 Å². The number of fused-ring (bicyclic) bond motifs is 1. The number of carbonyl (C=O) groups excluding carboxylic acids is 1. The Labute approximate surface area is 249 Å². The van der Waals surface area contributed by atoms with Crippen molar-refractivity contribution < 1.29 is 9.53 Å². The van der Waals surface area contributed by atoms with E-state index in [1.807, 2.05) is 60.5 Å². The van der Waals surface area contributed by atoms with E-state index in [4.69, 9.17) is 15.6 Å². The lowest BCUT2D eigenvalue weighted by Gasteiger charge is -2.31. The topological polar surface area (TPSA) is 129 Å². The van der Waals surface area contributed by atoms with Crippen LogP contribution in [0.4, 0.5) is 11.5 Å². The van der Waals surface area contributed by atoms with Gasteiger partial charge in [-0.15, -0.1) is 0 Å². The van der Waals surface area contributed by atoms with Crippen molar-refractivity contribution in [2.75, 3.05) is 31.2 Å². The number of likely N-dealkylation sites (tertiary alicyclic amines) is 1.